The number of benzene rings is 2. The fourth-order valence-electron chi connectivity index (χ4n) is 4.47. The van der Waals surface area contributed by atoms with Crippen molar-refractivity contribution in [2.75, 3.05) is 43.9 Å². The molecule has 11 heteroatoms. The zero-order valence-electron chi connectivity index (χ0n) is 19.3. The van der Waals surface area contributed by atoms with E-state index in [-0.39, 0.29) is 10.9 Å². The van der Waals surface area contributed by atoms with Crippen LogP contribution < -0.4 is 19.9 Å². The Morgan fingerprint density at radius 3 is 2.74 bits per heavy atom. The summed E-state index contributed by atoms with van der Waals surface area (Å²) in [5.74, 6) is 2.22. The largest absolute Gasteiger partial charge is 0.492 e. The van der Waals surface area contributed by atoms with Gasteiger partial charge in [0.25, 0.3) is 0 Å². The van der Waals surface area contributed by atoms with E-state index < -0.39 is 16.2 Å². The van der Waals surface area contributed by atoms with Crippen LogP contribution in [0.2, 0.25) is 0 Å². The van der Waals surface area contributed by atoms with Crippen molar-refractivity contribution in [3.63, 3.8) is 0 Å². The van der Waals surface area contributed by atoms with Crippen molar-refractivity contribution in [1.82, 2.24) is 4.90 Å². The van der Waals surface area contributed by atoms with E-state index in [1.807, 2.05) is 24.3 Å². The summed E-state index contributed by atoms with van der Waals surface area (Å²) in [6, 6.07) is 11.0. The molecule has 3 N–H and O–H groups in total. The maximum Gasteiger partial charge on any atom is 0.238 e. The van der Waals surface area contributed by atoms with Gasteiger partial charge in [0.2, 0.25) is 10.0 Å². The van der Waals surface area contributed by atoms with Crippen molar-refractivity contribution in [1.29, 1.82) is 0 Å². The average Bonchev–Trinajstić information content (AvgIpc) is 3.50. The van der Waals surface area contributed by atoms with Crippen molar-refractivity contribution < 1.29 is 22.3 Å². The minimum Gasteiger partial charge on any atom is -0.492 e. The second-order valence-corrected chi connectivity index (χ2v) is 11.5. The summed E-state index contributed by atoms with van der Waals surface area (Å²) >= 11 is 1.57. The quantitative estimate of drug-likeness (QED) is 0.577. The molecule has 5 rings (SSSR count). The lowest BCUT2D eigenvalue weighted by Crippen LogP contribution is -2.37. The molecule has 0 saturated carbocycles. The minimum atomic E-state index is -3.83. The summed E-state index contributed by atoms with van der Waals surface area (Å²) in [7, 11) is -3.83. The van der Waals surface area contributed by atoms with Crippen molar-refractivity contribution in [3.8, 4) is 11.5 Å². The molecular weight excluding hydrogens is 491 g/mol. The van der Waals surface area contributed by atoms with E-state index in [9.17, 15) is 12.8 Å². The molecule has 0 amide bonds. The molecule has 0 radical (unpaired) electrons. The molecule has 2 aromatic rings. The Hall–Kier alpha value is -2.34. The number of thioether (sulfide) groups is 1. The van der Waals surface area contributed by atoms with Crippen molar-refractivity contribution in [2.45, 2.75) is 36.4 Å². The number of ether oxygens (including phenoxy) is 2. The topological polar surface area (TPSA) is 106 Å². The molecule has 1 saturated heterocycles. The molecule has 188 valence electrons. The molecule has 1 unspecified atom stereocenters. The van der Waals surface area contributed by atoms with Crippen LogP contribution in [0.25, 0.3) is 0 Å². The number of fused-ring (bicyclic) bond motifs is 1. The van der Waals surface area contributed by atoms with E-state index in [1.165, 1.54) is 6.07 Å². The lowest BCUT2D eigenvalue weighted by atomic mass is 10.1. The highest BCUT2D eigenvalue weighted by Crippen LogP contribution is 2.38. The first-order chi connectivity index (χ1) is 16.8. The highest BCUT2D eigenvalue weighted by molar-refractivity contribution is 8.14. The van der Waals surface area contributed by atoms with Crippen LogP contribution in [0, 0.1) is 0 Å². The number of rotatable bonds is 7. The van der Waals surface area contributed by atoms with Gasteiger partial charge >= 0.3 is 0 Å². The van der Waals surface area contributed by atoms with E-state index in [0.29, 0.717) is 49.1 Å². The number of nitrogens with two attached hydrogens (primary N) is 1. The van der Waals surface area contributed by atoms with Crippen molar-refractivity contribution >= 4 is 32.6 Å². The normalized spacial score (nSPS) is 20.9. The first-order valence-corrected chi connectivity index (χ1v) is 14.3. The number of primary sulfonamides is 1. The number of piperidine rings is 1. The lowest BCUT2D eigenvalue weighted by molar-refractivity contribution is 0.132. The van der Waals surface area contributed by atoms with Gasteiger partial charge < -0.3 is 14.8 Å². The van der Waals surface area contributed by atoms with Crippen LogP contribution in [0.1, 0.15) is 30.0 Å². The van der Waals surface area contributed by atoms with Gasteiger partial charge in [0, 0.05) is 37.4 Å². The number of halogens is 1. The van der Waals surface area contributed by atoms with Crippen LogP contribution in [-0.4, -0.2) is 63.3 Å². The number of amidine groups is 1. The maximum absolute atomic E-state index is 13.2. The Morgan fingerprint density at radius 1 is 1.23 bits per heavy atom. The highest BCUT2D eigenvalue weighted by Gasteiger charge is 2.25. The zero-order valence-corrected chi connectivity index (χ0v) is 20.9. The Morgan fingerprint density at radius 2 is 2.00 bits per heavy atom. The van der Waals surface area contributed by atoms with E-state index in [4.69, 9.17) is 19.6 Å². The highest BCUT2D eigenvalue weighted by atomic mass is 32.2. The number of nitrogens with one attached hydrogen (secondary N) is 1. The Balaban J connectivity index is 1.19. The van der Waals surface area contributed by atoms with Gasteiger partial charge in [0.15, 0.2) is 5.17 Å². The van der Waals surface area contributed by atoms with Crippen LogP contribution >= 0.6 is 11.8 Å². The van der Waals surface area contributed by atoms with Gasteiger partial charge in [-0.3, -0.25) is 9.89 Å². The van der Waals surface area contributed by atoms with Gasteiger partial charge in [-0.2, -0.15) is 0 Å². The molecule has 1 atom stereocenters. The number of anilines is 1. The summed E-state index contributed by atoms with van der Waals surface area (Å²) in [6.45, 7) is 3.46. The van der Waals surface area contributed by atoms with Crippen LogP contribution in [0.5, 0.6) is 11.5 Å². The minimum absolute atomic E-state index is 0.0195. The molecule has 3 heterocycles. The average molecular weight is 521 g/mol. The third-order valence-electron chi connectivity index (χ3n) is 6.44. The molecule has 35 heavy (non-hydrogen) atoms. The number of likely N-dealkylation sites (tertiary alicyclic amines) is 1. The second kappa shape index (κ2) is 10.3. The standard InChI is InChI=1S/C24H29FN4O4S2/c25-18-5-8-29(9-6-18)10-12-32-19-3-1-16(2-4-19)22-15-34-24(28-22)27-21-14-20(35(26,30)31)13-17-7-11-33-23(17)21/h1-4,13-14,18,22H,5-12,15H2,(H,27,28)(H2,26,30,31). The van der Waals surface area contributed by atoms with Crippen LogP contribution in [-0.2, 0) is 16.4 Å². The van der Waals surface area contributed by atoms with Gasteiger partial charge in [-0.25, -0.2) is 17.9 Å². The molecule has 1 fully saturated rings. The molecule has 0 spiro atoms. The molecule has 0 aliphatic carbocycles. The first kappa shape index (κ1) is 24.4. The summed E-state index contributed by atoms with van der Waals surface area (Å²) < 4.78 is 48.6. The lowest BCUT2D eigenvalue weighted by Gasteiger charge is -2.28. The zero-order chi connectivity index (χ0) is 24.4. The predicted molar refractivity (Wildman–Crippen MR) is 136 cm³/mol. The van der Waals surface area contributed by atoms with Gasteiger partial charge in [0.05, 0.1) is 23.2 Å². The van der Waals surface area contributed by atoms with Gasteiger partial charge in [0.1, 0.15) is 24.3 Å². The third kappa shape index (κ3) is 5.91. The van der Waals surface area contributed by atoms with Gasteiger partial charge in [-0.1, -0.05) is 23.9 Å². The number of hydrogen-bond donors (Lipinski definition) is 2. The molecule has 8 nitrogen and oxygen atoms in total. The first-order valence-electron chi connectivity index (χ1n) is 11.7. The molecule has 3 aliphatic heterocycles. The van der Waals surface area contributed by atoms with Crippen LogP contribution in [0.4, 0.5) is 10.1 Å². The monoisotopic (exact) mass is 520 g/mol. The smallest absolute Gasteiger partial charge is 0.238 e. The number of alkyl halides is 1. The summed E-state index contributed by atoms with van der Waals surface area (Å²) in [4.78, 5) is 7.08. The molecule has 3 aliphatic rings. The Kier molecular flexibility index (Phi) is 7.19. The molecule has 0 aromatic heterocycles. The summed E-state index contributed by atoms with van der Waals surface area (Å²) in [6.07, 6.45) is 1.20. The van der Waals surface area contributed by atoms with Crippen molar-refractivity contribution in [3.05, 3.63) is 47.5 Å². The fraction of sp³-hybridized carbons (Fsp3) is 0.458. The Bertz CT molecular complexity index is 1200. The van der Waals surface area contributed by atoms with Gasteiger partial charge in [-0.05, 0) is 42.7 Å². The van der Waals surface area contributed by atoms with E-state index in [0.717, 1.165) is 42.3 Å². The molecule has 2 aromatic carbocycles. The van der Waals surface area contributed by atoms with Crippen LogP contribution in [0.3, 0.4) is 0 Å². The number of sulfonamides is 1. The molecule has 0 bridgehead atoms. The summed E-state index contributed by atoms with van der Waals surface area (Å²) in [5, 5.41) is 9.30. The third-order valence-corrected chi connectivity index (χ3v) is 8.29. The fourth-order valence-corrected chi connectivity index (χ4v) is 6.02. The van der Waals surface area contributed by atoms with E-state index in [1.54, 1.807) is 17.8 Å². The number of nitrogens with zero attached hydrogens (tertiary/aromatic N) is 2. The van der Waals surface area contributed by atoms with Gasteiger partial charge in [-0.15, -0.1) is 0 Å². The number of aliphatic imine (C=N–C) groups is 1. The van der Waals surface area contributed by atoms with Crippen molar-refractivity contribution in [2.24, 2.45) is 10.1 Å². The van der Waals surface area contributed by atoms with E-state index in [2.05, 4.69) is 10.2 Å². The second-order valence-electron chi connectivity index (χ2n) is 8.92. The predicted octanol–water partition coefficient (Wildman–Crippen LogP) is 3.34. The number of hydrogen-bond acceptors (Lipinski definition) is 8. The maximum atomic E-state index is 13.2. The van der Waals surface area contributed by atoms with Crippen LogP contribution in [0.15, 0.2) is 46.3 Å². The SMILES string of the molecule is NS(=O)(=O)c1cc2c(c(NC3=NC(c4ccc(OCCN5CCC(F)CC5)cc4)CS3)c1)OCC2. The van der Waals surface area contributed by atoms with E-state index >= 15 is 0 Å². The Labute approximate surface area is 209 Å². The summed E-state index contributed by atoms with van der Waals surface area (Å²) in [5.41, 5.74) is 2.46. The molecular formula is C24H29FN4O4S2.